The van der Waals surface area contributed by atoms with E-state index in [1.54, 1.807) is 24.1 Å². The van der Waals surface area contributed by atoms with Crippen LogP contribution in [-0.2, 0) is 28.4 Å². The lowest BCUT2D eigenvalue weighted by Gasteiger charge is -2.30. The van der Waals surface area contributed by atoms with E-state index < -0.39 is 26.6 Å². The molecule has 1 aliphatic rings. The maximum absolute atomic E-state index is 13.8. The highest BCUT2D eigenvalue weighted by Gasteiger charge is 2.33. The zero-order valence-electron chi connectivity index (χ0n) is 14.7. The number of carbonyl (C=O) groups excluding carboxylic acids is 1. The summed E-state index contributed by atoms with van der Waals surface area (Å²) in [4.78, 5) is 11.6. The average Bonchev–Trinajstić information content (AvgIpc) is 3.07. The van der Waals surface area contributed by atoms with E-state index >= 15 is 0 Å². The topological polar surface area (TPSA) is 84.3 Å². The molecule has 10 heteroatoms. The number of aromatic nitrogens is 2. The van der Waals surface area contributed by atoms with Crippen LogP contribution < -0.4 is 5.32 Å². The van der Waals surface area contributed by atoms with Crippen LogP contribution in [0.1, 0.15) is 18.4 Å². The molecule has 1 aliphatic heterocycles. The smallest absolute Gasteiger partial charge is 0.246 e. The van der Waals surface area contributed by atoms with Crippen molar-refractivity contribution in [1.29, 1.82) is 0 Å². The third-order valence-electron chi connectivity index (χ3n) is 4.56. The molecular formula is C17H20F2N4O3S. The minimum Gasteiger partial charge on any atom is -0.352 e. The number of amides is 1. The molecule has 0 unspecified atom stereocenters. The number of carbonyl (C=O) groups is 1. The number of piperidine rings is 1. The lowest BCUT2D eigenvalue weighted by Crippen LogP contribution is -2.43. The Bertz CT molecular complexity index is 937. The van der Waals surface area contributed by atoms with E-state index in [9.17, 15) is 22.0 Å². The number of halogens is 2. The quantitative estimate of drug-likeness (QED) is 0.826. The van der Waals surface area contributed by atoms with E-state index in [2.05, 4.69) is 10.4 Å². The van der Waals surface area contributed by atoms with Gasteiger partial charge in [-0.2, -0.15) is 9.40 Å². The van der Waals surface area contributed by atoms with Crippen LogP contribution in [0.5, 0.6) is 0 Å². The first-order chi connectivity index (χ1) is 12.8. The molecule has 0 bridgehead atoms. The standard InChI is InChI=1S/C17H20F2N4O3S/c1-22-11-12(10-21-22)9-20-17(24)13-4-6-23(7-5-13)27(25,26)16-8-14(18)2-3-15(16)19/h2-3,8,10-11,13H,4-7,9H2,1H3,(H,20,24). The zero-order valence-corrected chi connectivity index (χ0v) is 15.5. The SMILES string of the molecule is Cn1cc(CNC(=O)C2CCN(S(=O)(=O)c3cc(F)ccc3F)CC2)cn1. The Kier molecular flexibility index (Phi) is 5.56. The lowest BCUT2D eigenvalue weighted by molar-refractivity contribution is -0.126. The summed E-state index contributed by atoms with van der Waals surface area (Å²) in [7, 11) is -2.36. The summed E-state index contributed by atoms with van der Waals surface area (Å²) in [6.45, 7) is 0.492. The average molecular weight is 398 g/mol. The van der Waals surface area contributed by atoms with Gasteiger partial charge in [0.05, 0.1) is 6.20 Å². The largest absolute Gasteiger partial charge is 0.352 e. The Hall–Kier alpha value is -2.33. The van der Waals surface area contributed by atoms with E-state index in [1.165, 1.54) is 0 Å². The van der Waals surface area contributed by atoms with Crippen molar-refractivity contribution >= 4 is 15.9 Å². The van der Waals surface area contributed by atoms with Crippen molar-refractivity contribution in [3.8, 4) is 0 Å². The van der Waals surface area contributed by atoms with Gasteiger partial charge >= 0.3 is 0 Å². The maximum atomic E-state index is 13.8. The number of hydrogen-bond donors (Lipinski definition) is 1. The molecule has 7 nitrogen and oxygen atoms in total. The molecule has 0 atom stereocenters. The molecule has 1 amide bonds. The van der Waals surface area contributed by atoms with Gasteiger partial charge in [-0.05, 0) is 31.0 Å². The number of rotatable bonds is 5. The third kappa shape index (κ3) is 4.33. The van der Waals surface area contributed by atoms with Gasteiger partial charge in [0.15, 0.2) is 0 Å². The molecule has 0 radical (unpaired) electrons. The fourth-order valence-corrected chi connectivity index (χ4v) is 4.61. The van der Waals surface area contributed by atoms with Crippen LogP contribution in [0.25, 0.3) is 0 Å². The van der Waals surface area contributed by atoms with E-state index in [-0.39, 0.29) is 24.9 Å². The van der Waals surface area contributed by atoms with Gasteiger partial charge in [-0.25, -0.2) is 17.2 Å². The predicted molar refractivity (Wildman–Crippen MR) is 92.9 cm³/mol. The molecule has 0 spiro atoms. The summed E-state index contributed by atoms with van der Waals surface area (Å²) in [6, 6.07) is 2.34. The molecule has 146 valence electrons. The van der Waals surface area contributed by atoms with E-state index in [4.69, 9.17) is 0 Å². The minimum absolute atomic E-state index is 0.0727. The molecule has 2 heterocycles. The number of aryl methyl sites for hydroxylation is 1. The highest BCUT2D eigenvalue weighted by atomic mass is 32.2. The first kappa shape index (κ1) is 19.4. The lowest BCUT2D eigenvalue weighted by atomic mass is 9.97. The van der Waals surface area contributed by atoms with E-state index in [0.717, 1.165) is 22.0 Å². The van der Waals surface area contributed by atoms with Crippen LogP contribution in [0, 0.1) is 17.6 Å². The molecule has 2 aromatic rings. The van der Waals surface area contributed by atoms with Crippen LogP contribution in [0.3, 0.4) is 0 Å². The molecule has 1 saturated heterocycles. The summed E-state index contributed by atoms with van der Waals surface area (Å²) in [5, 5.41) is 6.83. The van der Waals surface area contributed by atoms with Crippen LogP contribution in [0.2, 0.25) is 0 Å². The highest BCUT2D eigenvalue weighted by molar-refractivity contribution is 7.89. The van der Waals surface area contributed by atoms with Gasteiger partial charge in [0.25, 0.3) is 0 Å². The van der Waals surface area contributed by atoms with Gasteiger partial charge in [-0.1, -0.05) is 0 Å². The second kappa shape index (κ2) is 7.73. The fourth-order valence-electron chi connectivity index (χ4n) is 3.07. The van der Waals surface area contributed by atoms with Crippen molar-refractivity contribution in [2.75, 3.05) is 13.1 Å². The monoisotopic (exact) mass is 398 g/mol. The summed E-state index contributed by atoms with van der Waals surface area (Å²) >= 11 is 0. The summed E-state index contributed by atoms with van der Waals surface area (Å²) in [6.07, 6.45) is 4.08. The summed E-state index contributed by atoms with van der Waals surface area (Å²) in [5.74, 6) is -2.30. The van der Waals surface area contributed by atoms with Crippen molar-refractivity contribution in [2.45, 2.75) is 24.3 Å². The van der Waals surface area contributed by atoms with Crippen LogP contribution in [0.4, 0.5) is 8.78 Å². The molecule has 27 heavy (non-hydrogen) atoms. The number of sulfonamides is 1. The van der Waals surface area contributed by atoms with E-state index in [1.807, 2.05) is 0 Å². The van der Waals surface area contributed by atoms with Gasteiger partial charge in [0.1, 0.15) is 16.5 Å². The molecular weight excluding hydrogens is 378 g/mol. The molecule has 3 rings (SSSR count). The minimum atomic E-state index is -4.14. The number of hydrogen-bond acceptors (Lipinski definition) is 4. The molecule has 1 N–H and O–H groups in total. The predicted octanol–water partition coefficient (Wildman–Crippen LogP) is 1.42. The number of nitrogens with one attached hydrogen (secondary N) is 1. The fraction of sp³-hybridized carbons (Fsp3) is 0.412. The van der Waals surface area contributed by atoms with Crippen LogP contribution in [-0.4, -0.2) is 41.5 Å². The first-order valence-electron chi connectivity index (χ1n) is 8.48. The van der Waals surface area contributed by atoms with Gasteiger partial charge in [-0.15, -0.1) is 0 Å². The van der Waals surface area contributed by atoms with Gasteiger partial charge in [0.2, 0.25) is 15.9 Å². The van der Waals surface area contributed by atoms with Crippen molar-refractivity contribution in [3.63, 3.8) is 0 Å². The second-order valence-corrected chi connectivity index (χ2v) is 8.40. The zero-order chi connectivity index (χ0) is 19.6. The van der Waals surface area contributed by atoms with Crippen molar-refractivity contribution < 1.29 is 22.0 Å². The van der Waals surface area contributed by atoms with E-state index in [0.29, 0.717) is 25.5 Å². The molecule has 1 aromatic carbocycles. The summed E-state index contributed by atoms with van der Waals surface area (Å²) < 4.78 is 55.0. The number of nitrogens with zero attached hydrogens (tertiary/aromatic N) is 3. The Morgan fingerprint density at radius 1 is 1.30 bits per heavy atom. The van der Waals surface area contributed by atoms with Crippen LogP contribution in [0.15, 0.2) is 35.5 Å². The first-order valence-corrected chi connectivity index (χ1v) is 9.92. The molecule has 1 aromatic heterocycles. The third-order valence-corrected chi connectivity index (χ3v) is 6.47. The van der Waals surface area contributed by atoms with Crippen LogP contribution >= 0.6 is 0 Å². The highest BCUT2D eigenvalue weighted by Crippen LogP contribution is 2.26. The molecule has 0 aliphatic carbocycles. The van der Waals surface area contributed by atoms with Gasteiger partial charge < -0.3 is 5.32 Å². The maximum Gasteiger partial charge on any atom is 0.246 e. The Balaban J connectivity index is 1.59. The van der Waals surface area contributed by atoms with Crippen molar-refractivity contribution in [1.82, 2.24) is 19.4 Å². The van der Waals surface area contributed by atoms with Gasteiger partial charge in [0, 0.05) is 44.4 Å². The normalized spacial score (nSPS) is 16.4. The Labute approximate surface area is 156 Å². The Morgan fingerprint density at radius 3 is 2.63 bits per heavy atom. The van der Waals surface area contributed by atoms with Gasteiger partial charge in [-0.3, -0.25) is 9.48 Å². The summed E-state index contributed by atoms with van der Waals surface area (Å²) in [5.41, 5.74) is 0.868. The second-order valence-electron chi connectivity index (χ2n) is 6.49. The number of benzene rings is 1. The molecule has 0 saturated carbocycles. The molecule has 1 fully saturated rings. The van der Waals surface area contributed by atoms with Crippen molar-refractivity contribution in [2.24, 2.45) is 13.0 Å². The van der Waals surface area contributed by atoms with Crippen molar-refractivity contribution in [3.05, 3.63) is 47.8 Å². The Morgan fingerprint density at radius 2 is 2.00 bits per heavy atom.